The fraction of sp³-hybridized carbons (Fsp3) is 0.438. The number of hydrogen-bond acceptors (Lipinski definition) is 6. The Morgan fingerprint density at radius 2 is 1.88 bits per heavy atom. The molecular weight excluding hydrogens is 543 g/mol. The summed E-state index contributed by atoms with van der Waals surface area (Å²) in [6.45, 7) is 4.25. The van der Waals surface area contributed by atoms with Crippen LogP contribution in [0, 0.1) is 0 Å². The maximum Gasteiger partial charge on any atom is 0.523 e. The molecule has 1 atom stereocenters. The molecule has 3 aromatic rings. The van der Waals surface area contributed by atoms with Gasteiger partial charge in [-0.05, 0) is 73.2 Å². The Morgan fingerprint density at radius 3 is 2.60 bits per heavy atom. The quantitative estimate of drug-likeness (QED) is 0.270. The molecule has 1 aromatic heterocycles. The Morgan fingerprint density at radius 1 is 1.07 bits per heavy atom. The first kappa shape index (κ1) is 30.2. The number of anilines is 1. The molecular formula is C32H40F3N5O2. The number of fused-ring (bicyclic) bond motifs is 1. The minimum Gasteiger partial charge on any atom is -0.497 e. The van der Waals surface area contributed by atoms with Gasteiger partial charge >= 0.3 is 6.36 Å². The molecule has 7 nitrogen and oxygen atoms in total. The predicted molar refractivity (Wildman–Crippen MR) is 161 cm³/mol. The van der Waals surface area contributed by atoms with Crippen LogP contribution in [0.1, 0.15) is 36.8 Å². The summed E-state index contributed by atoms with van der Waals surface area (Å²) < 4.78 is 50.4. The lowest BCUT2D eigenvalue weighted by atomic mass is 9.90. The molecule has 1 fully saturated rings. The fourth-order valence-electron chi connectivity index (χ4n) is 6.01. The van der Waals surface area contributed by atoms with Crippen molar-refractivity contribution in [3.8, 4) is 5.75 Å². The summed E-state index contributed by atoms with van der Waals surface area (Å²) >= 11 is 0. The Balaban J connectivity index is 1.32. The van der Waals surface area contributed by atoms with Crippen molar-refractivity contribution in [1.29, 1.82) is 0 Å². The molecule has 5 rings (SSSR count). The van der Waals surface area contributed by atoms with Gasteiger partial charge in [-0.3, -0.25) is 9.64 Å². The molecule has 0 amide bonds. The Bertz CT molecular complexity index is 1420. The molecule has 226 valence electrons. The molecule has 42 heavy (non-hydrogen) atoms. The number of halogens is 3. The number of alkyl halides is 3. The number of nitrogens with zero attached hydrogens (tertiary/aromatic N) is 2. The van der Waals surface area contributed by atoms with E-state index in [1.165, 1.54) is 11.6 Å². The molecule has 2 heterocycles. The van der Waals surface area contributed by atoms with Crippen LogP contribution >= 0.6 is 0 Å². The fourth-order valence-corrected chi connectivity index (χ4v) is 6.01. The number of aryl methyl sites for hydroxylation is 1. The highest BCUT2D eigenvalue weighted by molar-refractivity contribution is 5.98. The van der Waals surface area contributed by atoms with E-state index in [-0.39, 0.29) is 13.0 Å². The summed E-state index contributed by atoms with van der Waals surface area (Å²) in [6.07, 6.45) is 2.69. The number of aromatic nitrogens is 1. The van der Waals surface area contributed by atoms with Gasteiger partial charge in [0.05, 0.1) is 13.2 Å². The first-order chi connectivity index (χ1) is 20.3. The van der Waals surface area contributed by atoms with Crippen LogP contribution in [0.3, 0.4) is 0 Å². The average Bonchev–Trinajstić information content (AvgIpc) is 3.33. The van der Waals surface area contributed by atoms with E-state index in [0.29, 0.717) is 18.2 Å². The maximum atomic E-state index is 12.9. The van der Waals surface area contributed by atoms with E-state index in [9.17, 15) is 13.2 Å². The number of likely N-dealkylation sites (tertiary alicyclic amines) is 1. The van der Waals surface area contributed by atoms with Gasteiger partial charge in [0.15, 0.2) is 0 Å². The van der Waals surface area contributed by atoms with Crippen molar-refractivity contribution < 1.29 is 22.6 Å². The van der Waals surface area contributed by atoms with Gasteiger partial charge in [-0.25, -0.2) is 0 Å². The van der Waals surface area contributed by atoms with Crippen molar-refractivity contribution in [2.45, 2.75) is 57.3 Å². The molecule has 5 N–H and O–H groups in total. The predicted octanol–water partition coefficient (Wildman–Crippen LogP) is 5.65. The largest absolute Gasteiger partial charge is 0.523 e. The second-order valence-corrected chi connectivity index (χ2v) is 11.0. The van der Waals surface area contributed by atoms with E-state index in [1.54, 1.807) is 7.11 Å². The van der Waals surface area contributed by atoms with Crippen LogP contribution in [0.2, 0.25) is 0 Å². The van der Waals surface area contributed by atoms with Gasteiger partial charge in [0, 0.05) is 73.2 Å². The van der Waals surface area contributed by atoms with E-state index in [4.69, 9.17) is 16.2 Å². The second kappa shape index (κ2) is 13.3. The van der Waals surface area contributed by atoms with E-state index < -0.39 is 12.5 Å². The molecule has 1 unspecified atom stereocenters. The molecule has 1 aliphatic carbocycles. The minimum atomic E-state index is -4.70. The smallest absolute Gasteiger partial charge is 0.497 e. The maximum absolute atomic E-state index is 12.9. The third-order valence-electron chi connectivity index (χ3n) is 8.07. The summed E-state index contributed by atoms with van der Waals surface area (Å²) in [4.78, 5) is 2.47. The number of rotatable bonds is 11. The van der Waals surface area contributed by atoms with Crippen LogP contribution < -0.4 is 21.5 Å². The lowest BCUT2D eigenvalue weighted by Gasteiger charge is -2.33. The Labute approximate surface area is 244 Å². The lowest BCUT2D eigenvalue weighted by Crippen LogP contribution is -2.38. The van der Waals surface area contributed by atoms with Crippen LogP contribution in [-0.2, 0) is 17.8 Å². The van der Waals surface area contributed by atoms with Crippen LogP contribution in [0.5, 0.6) is 5.75 Å². The first-order valence-corrected chi connectivity index (χ1v) is 14.6. The molecule has 1 saturated heterocycles. The number of ether oxygens (including phenoxy) is 2. The van der Waals surface area contributed by atoms with Crippen molar-refractivity contribution in [2.75, 3.05) is 38.6 Å². The van der Waals surface area contributed by atoms with Crippen LogP contribution in [0.25, 0.3) is 16.5 Å². The molecule has 1 aliphatic heterocycles. The van der Waals surface area contributed by atoms with E-state index in [1.807, 2.05) is 24.3 Å². The van der Waals surface area contributed by atoms with Crippen LogP contribution in [0.15, 0.2) is 66.4 Å². The van der Waals surface area contributed by atoms with Gasteiger partial charge in [-0.15, -0.1) is 13.2 Å². The number of hydrogen-bond donors (Lipinski definition) is 3. The Kier molecular flexibility index (Phi) is 9.57. The third-order valence-corrected chi connectivity index (χ3v) is 8.07. The lowest BCUT2D eigenvalue weighted by molar-refractivity contribution is -0.336. The number of methoxy groups -OCH3 is 1. The molecule has 0 saturated carbocycles. The highest BCUT2D eigenvalue weighted by Crippen LogP contribution is 2.37. The molecule has 2 aliphatic rings. The van der Waals surface area contributed by atoms with E-state index in [0.717, 1.165) is 78.9 Å². The van der Waals surface area contributed by atoms with Crippen molar-refractivity contribution in [3.63, 3.8) is 0 Å². The third kappa shape index (κ3) is 7.36. The van der Waals surface area contributed by atoms with Crippen molar-refractivity contribution in [2.24, 2.45) is 11.5 Å². The average molecular weight is 584 g/mol. The van der Waals surface area contributed by atoms with Crippen molar-refractivity contribution in [3.05, 3.63) is 77.5 Å². The first-order valence-electron chi connectivity index (χ1n) is 14.6. The highest BCUT2D eigenvalue weighted by Gasteiger charge is 2.34. The molecule has 0 bridgehead atoms. The number of nitrogens with two attached hydrogens (primary N) is 2. The van der Waals surface area contributed by atoms with Gasteiger partial charge in [-0.1, -0.05) is 24.3 Å². The summed E-state index contributed by atoms with van der Waals surface area (Å²) in [5.74, 6) is 0.844. The molecule has 2 aromatic carbocycles. The number of nitrogens with one attached hydrogen (secondary N) is 1. The van der Waals surface area contributed by atoms with E-state index in [2.05, 4.69) is 50.0 Å². The highest BCUT2D eigenvalue weighted by atomic mass is 19.4. The topological polar surface area (TPSA) is 90.7 Å². The minimum absolute atomic E-state index is 0.122. The molecule has 0 radical (unpaired) electrons. The number of benzene rings is 2. The number of piperidine rings is 1. The zero-order valence-corrected chi connectivity index (χ0v) is 24.0. The Hall–Kier alpha value is -3.31. The summed E-state index contributed by atoms with van der Waals surface area (Å²) in [6, 6.07) is 15.0. The zero-order chi connectivity index (χ0) is 29.7. The monoisotopic (exact) mass is 583 g/mol. The van der Waals surface area contributed by atoms with Gasteiger partial charge < -0.3 is 26.1 Å². The molecule has 10 heteroatoms. The summed E-state index contributed by atoms with van der Waals surface area (Å²) in [7, 11) is 1.68. The standard InChI is InChI=1S/C32H40F3N5O2/c1-41-26-5-2-4-25(18-26)38-24-10-14-39(15-11-24)20-22-6-9-31-29(16-22)30(21-40(31)13-3-12-36)28-8-7-27(17-23(28)19-37)42-32(33,34)35/h2,4-6,8-9,16-18,21,24,27,38H,3,7,10-15,19-20,36-37H2,1H3. The SMILES string of the molecule is COc1cccc(NC2CCN(Cc3ccc4c(c3)c(C3=CCC(OC(F)(F)F)C=C3CN)cn4CCCN)CC2)c1. The second-order valence-electron chi connectivity index (χ2n) is 11.0. The van der Waals surface area contributed by atoms with Gasteiger partial charge in [0.2, 0.25) is 0 Å². The van der Waals surface area contributed by atoms with Crippen molar-refractivity contribution in [1.82, 2.24) is 9.47 Å². The van der Waals surface area contributed by atoms with Crippen LogP contribution in [0.4, 0.5) is 18.9 Å². The van der Waals surface area contributed by atoms with Gasteiger partial charge in [0.25, 0.3) is 0 Å². The zero-order valence-electron chi connectivity index (χ0n) is 24.0. The summed E-state index contributed by atoms with van der Waals surface area (Å²) in [5, 5.41) is 4.71. The molecule has 0 spiro atoms. The van der Waals surface area contributed by atoms with Crippen molar-refractivity contribution >= 4 is 22.2 Å². The van der Waals surface area contributed by atoms with Gasteiger partial charge in [-0.2, -0.15) is 0 Å². The van der Waals surface area contributed by atoms with Gasteiger partial charge in [0.1, 0.15) is 5.75 Å². The normalized spacial score (nSPS) is 18.7. The summed E-state index contributed by atoms with van der Waals surface area (Å²) in [5.41, 5.74) is 17.7. The van der Waals surface area contributed by atoms with E-state index >= 15 is 0 Å². The van der Waals surface area contributed by atoms with Crippen LogP contribution in [-0.4, -0.2) is 61.3 Å².